The lowest BCUT2D eigenvalue weighted by atomic mass is 10.0. The van der Waals surface area contributed by atoms with E-state index in [-0.39, 0.29) is 24.2 Å². The number of alkyl halides is 6. The van der Waals surface area contributed by atoms with Crippen molar-refractivity contribution < 1.29 is 26.3 Å². The zero-order valence-electron chi connectivity index (χ0n) is 10.0. The third-order valence-corrected chi connectivity index (χ3v) is 2.82. The molecule has 0 unspecified atom stereocenters. The van der Waals surface area contributed by atoms with E-state index in [1.165, 1.54) is 6.07 Å². The Morgan fingerprint density at radius 3 is 2.25 bits per heavy atom. The third kappa shape index (κ3) is 3.20. The second-order valence-electron chi connectivity index (χ2n) is 4.26. The minimum atomic E-state index is -4.54. The maximum absolute atomic E-state index is 12.6. The SMILES string of the molecule is FC(F)(F)C1=CC(c2cccc(C(F)(F)F)c2)=NCC1. The first-order valence-electron chi connectivity index (χ1n) is 5.68. The normalized spacial score (nSPS) is 16.7. The fraction of sp³-hybridized carbons (Fsp3) is 0.308. The fourth-order valence-electron chi connectivity index (χ4n) is 1.83. The number of benzene rings is 1. The maximum Gasteiger partial charge on any atom is 0.416 e. The Morgan fingerprint density at radius 2 is 1.65 bits per heavy atom. The lowest BCUT2D eigenvalue weighted by molar-refractivity contribution is -0.137. The van der Waals surface area contributed by atoms with Crippen molar-refractivity contribution in [1.29, 1.82) is 0 Å². The van der Waals surface area contributed by atoms with E-state index in [9.17, 15) is 26.3 Å². The summed E-state index contributed by atoms with van der Waals surface area (Å²) < 4.78 is 75.5. The summed E-state index contributed by atoms with van der Waals surface area (Å²) in [5, 5.41) is 0. The van der Waals surface area contributed by atoms with Crippen LogP contribution in [0.25, 0.3) is 0 Å². The minimum absolute atomic E-state index is 0.0290. The molecule has 0 fully saturated rings. The van der Waals surface area contributed by atoms with Gasteiger partial charge in [0.2, 0.25) is 0 Å². The molecule has 0 atom stereocenters. The number of allylic oxidation sites excluding steroid dienone is 1. The second-order valence-corrected chi connectivity index (χ2v) is 4.26. The van der Waals surface area contributed by atoms with Gasteiger partial charge in [-0.25, -0.2) is 0 Å². The number of nitrogens with zero attached hydrogens (tertiary/aromatic N) is 1. The molecular weight excluding hydrogens is 284 g/mol. The summed E-state index contributed by atoms with van der Waals surface area (Å²) in [6.45, 7) is -0.0864. The zero-order chi connectivity index (χ0) is 15.0. The van der Waals surface area contributed by atoms with Crippen molar-refractivity contribution in [1.82, 2.24) is 0 Å². The van der Waals surface area contributed by atoms with Crippen LogP contribution in [-0.4, -0.2) is 18.4 Å². The van der Waals surface area contributed by atoms with Crippen LogP contribution in [0, 0.1) is 0 Å². The minimum Gasteiger partial charge on any atom is -0.284 e. The zero-order valence-corrected chi connectivity index (χ0v) is 10.0. The molecule has 0 amide bonds. The fourth-order valence-corrected chi connectivity index (χ4v) is 1.83. The van der Waals surface area contributed by atoms with Crippen LogP contribution >= 0.6 is 0 Å². The number of hydrogen-bond donors (Lipinski definition) is 0. The molecule has 0 bridgehead atoms. The highest BCUT2D eigenvalue weighted by Gasteiger charge is 2.35. The van der Waals surface area contributed by atoms with Gasteiger partial charge >= 0.3 is 12.4 Å². The van der Waals surface area contributed by atoms with E-state index in [2.05, 4.69) is 4.99 Å². The molecule has 0 N–H and O–H groups in total. The lowest BCUT2D eigenvalue weighted by Crippen LogP contribution is -2.18. The molecule has 1 aromatic carbocycles. The summed E-state index contributed by atoms with van der Waals surface area (Å²) in [5.74, 6) is 0. The van der Waals surface area contributed by atoms with E-state index < -0.39 is 23.5 Å². The van der Waals surface area contributed by atoms with Crippen LogP contribution in [0.5, 0.6) is 0 Å². The highest BCUT2D eigenvalue weighted by atomic mass is 19.4. The Bertz CT molecular complexity index is 565. The van der Waals surface area contributed by atoms with Crippen molar-refractivity contribution in [3.05, 3.63) is 47.0 Å². The summed E-state index contributed by atoms with van der Waals surface area (Å²) in [6.07, 6.45) is -8.48. The van der Waals surface area contributed by atoms with Gasteiger partial charge in [0.1, 0.15) is 0 Å². The van der Waals surface area contributed by atoms with Crippen molar-refractivity contribution >= 4 is 5.71 Å². The Morgan fingerprint density at radius 1 is 0.950 bits per heavy atom. The van der Waals surface area contributed by atoms with Gasteiger partial charge in [0.15, 0.2) is 0 Å². The van der Waals surface area contributed by atoms with E-state index in [0.717, 1.165) is 24.3 Å². The van der Waals surface area contributed by atoms with Crippen molar-refractivity contribution in [3.8, 4) is 0 Å². The quantitative estimate of drug-likeness (QED) is 0.681. The van der Waals surface area contributed by atoms with E-state index in [0.29, 0.717) is 0 Å². The second kappa shape index (κ2) is 4.96. The van der Waals surface area contributed by atoms with Crippen molar-refractivity contribution in [3.63, 3.8) is 0 Å². The van der Waals surface area contributed by atoms with Gasteiger partial charge in [0.05, 0.1) is 11.3 Å². The number of dihydropyridines is 1. The van der Waals surface area contributed by atoms with Crippen molar-refractivity contribution in [2.75, 3.05) is 6.54 Å². The molecule has 20 heavy (non-hydrogen) atoms. The molecule has 0 saturated carbocycles. The van der Waals surface area contributed by atoms with Gasteiger partial charge in [-0.2, -0.15) is 26.3 Å². The topological polar surface area (TPSA) is 12.4 Å². The van der Waals surface area contributed by atoms with Crippen molar-refractivity contribution in [2.24, 2.45) is 4.99 Å². The van der Waals surface area contributed by atoms with Crippen LogP contribution in [-0.2, 0) is 6.18 Å². The number of aliphatic imine (C=N–C) groups is 1. The van der Waals surface area contributed by atoms with Crippen LogP contribution in [0.3, 0.4) is 0 Å². The van der Waals surface area contributed by atoms with E-state index in [1.807, 2.05) is 0 Å². The standard InChI is InChI=1S/C13H9F6N/c14-12(15,16)9-3-1-2-8(6-9)11-7-10(4-5-20-11)13(17,18)19/h1-3,6-7H,4-5H2. The monoisotopic (exact) mass is 293 g/mol. The first-order valence-corrected chi connectivity index (χ1v) is 5.68. The molecule has 0 saturated heterocycles. The Kier molecular flexibility index (Phi) is 3.62. The van der Waals surface area contributed by atoms with Crippen LogP contribution in [0.2, 0.25) is 0 Å². The highest BCUT2D eigenvalue weighted by Crippen LogP contribution is 2.32. The van der Waals surface area contributed by atoms with E-state index in [1.54, 1.807) is 0 Å². The molecule has 1 nitrogen and oxygen atoms in total. The molecule has 1 aromatic rings. The Labute approximate surface area is 110 Å². The summed E-state index contributed by atoms with van der Waals surface area (Å²) in [4.78, 5) is 3.86. The molecule has 0 radical (unpaired) electrons. The molecule has 7 heteroatoms. The summed E-state index contributed by atoms with van der Waals surface area (Å²) in [5.41, 5.74) is -1.74. The Balaban J connectivity index is 2.38. The first kappa shape index (κ1) is 14.6. The molecule has 0 aliphatic carbocycles. The third-order valence-electron chi connectivity index (χ3n) is 2.82. The van der Waals surface area contributed by atoms with Gasteiger partial charge in [-0.3, -0.25) is 4.99 Å². The first-order chi connectivity index (χ1) is 9.18. The van der Waals surface area contributed by atoms with Gasteiger partial charge in [-0.05, 0) is 24.6 Å². The molecule has 108 valence electrons. The highest BCUT2D eigenvalue weighted by molar-refractivity contribution is 6.09. The van der Waals surface area contributed by atoms with Crippen molar-refractivity contribution in [2.45, 2.75) is 18.8 Å². The molecular formula is C13H9F6N. The van der Waals surface area contributed by atoms with Crippen LogP contribution < -0.4 is 0 Å². The molecule has 0 aromatic heterocycles. The maximum atomic E-state index is 12.6. The predicted octanol–water partition coefficient (Wildman–Crippen LogP) is 4.39. The summed E-state index contributed by atoms with van der Waals surface area (Å²) >= 11 is 0. The van der Waals surface area contributed by atoms with Gasteiger partial charge in [0, 0.05) is 17.7 Å². The number of halogens is 6. The average Bonchev–Trinajstić information content (AvgIpc) is 2.37. The number of hydrogen-bond acceptors (Lipinski definition) is 1. The van der Waals surface area contributed by atoms with Crippen LogP contribution in [0.15, 0.2) is 40.9 Å². The molecule has 1 heterocycles. The Hall–Kier alpha value is -1.79. The summed E-state index contributed by atoms with van der Waals surface area (Å²) in [6, 6.07) is 4.12. The average molecular weight is 293 g/mol. The van der Waals surface area contributed by atoms with Gasteiger partial charge in [0.25, 0.3) is 0 Å². The lowest BCUT2D eigenvalue weighted by Gasteiger charge is -2.16. The molecule has 1 aliphatic heterocycles. The van der Waals surface area contributed by atoms with E-state index >= 15 is 0 Å². The van der Waals surface area contributed by atoms with Gasteiger partial charge in [-0.15, -0.1) is 0 Å². The summed E-state index contributed by atoms with van der Waals surface area (Å²) in [7, 11) is 0. The number of rotatable bonds is 1. The van der Waals surface area contributed by atoms with Gasteiger partial charge in [-0.1, -0.05) is 12.1 Å². The van der Waals surface area contributed by atoms with Crippen LogP contribution in [0.1, 0.15) is 17.5 Å². The van der Waals surface area contributed by atoms with Crippen LogP contribution in [0.4, 0.5) is 26.3 Å². The largest absolute Gasteiger partial charge is 0.416 e. The van der Waals surface area contributed by atoms with Gasteiger partial charge < -0.3 is 0 Å². The molecule has 1 aliphatic rings. The molecule has 0 spiro atoms. The smallest absolute Gasteiger partial charge is 0.284 e. The van der Waals surface area contributed by atoms with E-state index in [4.69, 9.17) is 0 Å². The predicted molar refractivity (Wildman–Crippen MR) is 61.6 cm³/mol. The molecule has 2 rings (SSSR count).